The van der Waals surface area contributed by atoms with E-state index in [0.717, 1.165) is 6.42 Å². The Kier molecular flexibility index (Phi) is 4.58. The van der Waals surface area contributed by atoms with Gasteiger partial charge in [-0.2, -0.15) is 5.26 Å². The molecule has 2 atom stereocenters. The molecule has 1 saturated carbocycles. The second-order valence-corrected chi connectivity index (χ2v) is 6.95. The number of nitrogens with zero attached hydrogens (tertiary/aromatic N) is 2. The zero-order valence-electron chi connectivity index (χ0n) is 12.9. The van der Waals surface area contributed by atoms with Gasteiger partial charge in [-0.3, -0.25) is 4.79 Å². The Morgan fingerprint density at radius 1 is 1.43 bits per heavy atom. The summed E-state index contributed by atoms with van der Waals surface area (Å²) in [6, 6.07) is 9.77. The molecule has 0 spiro atoms. The molecule has 23 heavy (non-hydrogen) atoms. The smallest absolute Gasteiger partial charge is 0.223 e. The fourth-order valence-electron chi connectivity index (χ4n) is 2.59. The molecule has 0 aliphatic heterocycles. The van der Waals surface area contributed by atoms with Gasteiger partial charge in [-0.05, 0) is 37.6 Å². The number of carbonyl (C=O) groups excluding carboxylic acids is 1. The Morgan fingerprint density at radius 3 is 3.04 bits per heavy atom. The van der Waals surface area contributed by atoms with Gasteiger partial charge in [0.1, 0.15) is 11.9 Å². The summed E-state index contributed by atoms with van der Waals surface area (Å²) in [5.74, 6) is 1.17. The lowest BCUT2D eigenvalue weighted by Crippen LogP contribution is -2.30. The second kappa shape index (κ2) is 6.80. The summed E-state index contributed by atoms with van der Waals surface area (Å²) in [7, 11) is 0. The van der Waals surface area contributed by atoms with Crippen molar-refractivity contribution in [2.24, 2.45) is 5.92 Å². The lowest BCUT2D eigenvalue weighted by atomic mass is 10.2. The number of hydrogen-bond acceptors (Lipinski definition) is 5. The molecule has 6 heteroatoms. The zero-order chi connectivity index (χ0) is 16.2. The first-order valence-electron chi connectivity index (χ1n) is 7.62. The van der Waals surface area contributed by atoms with Gasteiger partial charge in [0.25, 0.3) is 0 Å². The number of anilines is 1. The molecule has 1 fully saturated rings. The van der Waals surface area contributed by atoms with E-state index in [9.17, 15) is 4.79 Å². The normalized spacial score (nSPS) is 19.0. The molecule has 2 aromatic heterocycles. The van der Waals surface area contributed by atoms with Crippen molar-refractivity contribution in [1.82, 2.24) is 10.3 Å². The maximum absolute atomic E-state index is 12.1. The third kappa shape index (κ3) is 3.69. The number of aryl methyl sites for hydroxylation is 1. The largest absolute Gasteiger partial charge is 0.367 e. The maximum atomic E-state index is 12.1. The molecule has 0 radical (unpaired) electrons. The molecular weight excluding hydrogens is 308 g/mol. The van der Waals surface area contributed by atoms with E-state index in [-0.39, 0.29) is 11.8 Å². The van der Waals surface area contributed by atoms with Crippen LogP contribution in [0, 0.1) is 24.2 Å². The second-order valence-electron chi connectivity index (χ2n) is 5.63. The highest BCUT2D eigenvalue weighted by Crippen LogP contribution is 2.49. The van der Waals surface area contributed by atoms with Gasteiger partial charge in [0.05, 0.1) is 5.56 Å². The van der Waals surface area contributed by atoms with Crippen molar-refractivity contribution in [3.63, 3.8) is 0 Å². The molecule has 1 aliphatic carbocycles. The number of rotatable bonds is 6. The summed E-state index contributed by atoms with van der Waals surface area (Å²) in [6.45, 7) is 3.16. The van der Waals surface area contributed by atoms with Crippen LogP contribution in [0.5, 0.6) is 0 Å². The van der Waals surface area contributed by atoms with Gasteiger partial charge < -0.3 is 10.6 Å². The molecule has 0 aromatic carbocycles. The van der Waals surface area contributed by atoms with E-state index in [1.165, 1.54) is 9.75 Å². The fraction of sp³-hybridized carbons (Fsp3) is 0.353. The standard InChI is InChI=1S/C17H18N4OS/c1-11-4-5-15(23-11)13-9-14(13)17(22)21-8-7-20-16-12(10-18)3-2-6-19-16/h2-6,13-14H,7-9H2,1H3,(H,19,20)(H,21,22)/t13-,14+/m1/s1. The first kappa shape index (κ1) is 15.5. The van der Waals surface area contributed by atoms with E-state index in [1.807, 2.05) is 0 Å². The highest BCUT2D eigenvalue weighted by molar-refractivity contribution is 7.12. The maximum Gasteiger partial charge on any atom is 0.223 e. The SMILES string of the molecule is Cc1ccc([C@@H]2C[C@@H]2C(=O)NCCNc2ncccc2C#N)s1. The van der Waals surface area contributed by atoms with Crippen LogP contribution in [0.1, 0.15) is 27.7 Å². The minimum Gasteiger partial charge on any atom is -0.367 e. The van der Waals surface area contributed by atoms with Crippen LogP contribution in [0.4, 0.5) is 5.82 Å². The monoisotopic (exact) mass is 326 g/mol. The van der Waals surface area contributed by atoms with Crippen LogP contribution in [0.3, 0.4) is 0 Å². The lowest BCUT2D eigenvalue weighted by Gasteiger charge is -2.08. The van der Waals surface area contributed by atoms with E-state index < -0.39 is 0 Å². The van der Waals surface area contributed by atoms with Gasteiger partial charge in [-0.15, -0.1) is 11.3 Å². The van der Waals surface area contributed by atoms with Crippen LogP contribution in [0.25, 0.3) is 0 Å². The number of aromatic nitrogens is 1. The average molecular weight is 326 g/mol. The summed E-state index contributed by atoms with van der Waals surface area (Å²) in [5, 5.41) is 15.0. The molecule has 2 heterocycles. The van der Waals surface area contributed by atoms with Crippen molar-refractivity contribution in [2.45, 2.75) is 19.3 Å². The van der Waals surface area contributed by atoms with Crippen LogP contribution < -0.4 is 10.6 Å². The van der Waals surface area contributed by atoms with Crippen LogP contribution in [-0.2, 0) is 4.79 Å². The predicted octanol–water partition coefficient (Wildman–Crippen LogP) is 2.66. The van der Waals surface area contributed by atoms with Crippen molar-refractivity contribution >= 4 is 23.1 Å². The number of nitriles is 1. The Bertz CT molecular complexity index is 749. The molecule has 1 aliphatic rings. The van der Waals surface area contributed by atoms with Crippen molar-refractivity contribution in [3.8, 4) is 6.07 Å². The molecule has 0 bridgehead atoms. The van der Waals surface area contributed by atoms with Gasteiger partial charge in [-0.1, -0.05) is 0 Å². The molecule has 2 N–H and O–H groups in total. The minimum absolute atomic E-state index is 0.109. The fourth-order valence-corrected chi connectivity index (χ4v) is 3.64. The molecule has 5 nitrogen and oxygen atoms in total. The summed E-state index contributed by atoms with van der Waals surface area (Å²) >= 11 is 1.78. The van der Waals surface area contributed by atoms with Gasteiger partial charge in [0.15, 0.2) is 0 Å². The van der Waals surface area contributed by atoms with Gasteiger partial charge in [0.2, 0.25) is 5.91 Å². The van der Waals surface area contributed by atoms with Gasteiger partial charge in [-0.25, -0.2) is 4.98 Å². The summed E-state index contributed by atoms with van der Waals surface area (Å²) < 4.78 is 0. The molecule has 2 aromatic rings. The highest BCUT2D eigenvalue weighted by Gasteiger charge is 2.44. The Labute approximate surface area is 139 Å². The topological polar surface area (TPSA) is 77.8 Å². The number of pyridine rings is 1. The van der Waals surface area contributed by atoms with E-state index in [1.54, 1.807) is 29.7 Å². The third-order valence-electron chi connectivity index (χ3n) is 3.90. The molecule has 118 valence electrons. The number of nitrogens with one attached hydrogen (secondary N) is 2. The van der Waals surface area contributed by atoms with Gasteiger partial charge in [0, 0.05) is 40.9 Å². The van der Waals surface area contributed by atoms with Crippen LogP contribution in [0.15, 0.2) is 30.5 Å². The average Bonchev–Trinajstić information content (AvgIpc) is 3.26. The van der Waals surface area contributed by atoms with Crippen LogP contribution >= 0.6 is 11.3 Å². The summed E-state index contributed by atoms with van der Waals surface area (Å²) in [4.78, 5) is 18.9. The van der Waals surface area contributed by atoms with Crippen LogP contribution in [0.2, 0.25) is 0 Å². The van der Waals surface area contributed by atoms with Gasteiger partial charge >= 0.3 is 0 Å². The Hall–Kier alpha value is -2.39. The molecule has 0 unspecified atom stereocenters. The third-order valence-corrected chi connectivity index (χ3v) is 5.03. The van der Waals surface area contributed by atoms with E-state index in [4.69, 9.17) is 5.26 Å². The highest BCUT2D eigenvalue weighted by atomic mass is 32.1. The van der Waals surface area contributed by atoms with E-state index in [0.29, 0.717) is 30.4 Å². The number of amides is 1. The Balaban J connectivity index is 1.42. The first-order valence-corrected chi connectivity index (χ1v) is 8.43. The zero-order valence-corrected chi connectivity index (χ0v) is 13.7. The predicted molar refractivity (Wildman–Crippen MR) is 90.4 cm³/mol. The molecular formula is C17H18N4OS. The minimum atomic E-state index is 0.109. The number of hydrogen-bond donors (Lipinski definition) is 2. The lowest BCUT2D eigenvalue weighted by molar-refractivity contribution is -0.122. The first-order chi connectivity index (χ1) is 11.2. The number of carbonyl (C=O) groups is 1. The molecule has 1 amide bonds. The summed E-state index contributed by atoms with van der Waals surface area (Å²) in [5.41, 5.74) is 0.508. The van der Waals surface area contributed by atoms with Crippen molar-refractivity contribution in [2.75, 3.05) is 18.4 Å². The molecule has 3 rings (SSSR count). The van der Waals surface area contributed by atoms with E-state index in [2.05, 4.69) is 40.7 Å². The quantitative estimate of drug-likeness (QED) is 0.800. The Morgan fingerprint density at radius 2 is 2.30 bits per heavy atom. The van der Waals surface area contributed by atoms with Crippen LogP contribution in [-0.4, -0.2) is 24.0 Å². The van der Waals surface area contributed by atoms with Crippen molar-refractivity contribution in [1.29, 1.82) is 5.26 Å². The molecule has 0 saturated heterocycles. The number of thiophene rings is 1. The summed E-state index contributed by atoms with van der Waals surface area (Å²) in [6.07, 6.45) is 2.58. The van der Waals surface area contributed by atoms with E-state index >= 15 is 0 Å². The van der Waals surface area contributed by atoms with Crippen molar-refractivity contribution in [3.05, 3.63) is 45.8 Å². The van der Waals surface area contributed by atoms with Crippen molar-refractivity contribution < 1.29 is 4.79 Å².